The van der Waals surface area contributed by atoms with Gasteiger partial charge in [0.15, 0.2) is 11.6 Å². The summed E-state index contributed by atoms with van der Waals surface area (Å²) in [6, 6.07) is 0.802. The van der Waals surface area contributed by atoms with Gasteiger partial charge in [0.2, 0.25) is 5.43 Å². The van der Waals surface area contributed by atoms with Gasteiger partial charge in [0.1, 0.15) is 17.9 Å². The van der Waals surface area contributed by atoms with E-state index in [1.807, 2.05) is 6.92 Å². The van der Waals surface area contributed by atoms with E-state index in [2.05, 4.69) is 4.98 Å². The van der Waals surface area contributed by atoms with Crippen LogP contribution in [0.4, 0.5) is 14.6 Å². The Balaban J connectivity index is 0.00000280. The molecular formula is C18H23ClF2N4O3. The maximum absolute atomic E-state index is 14.8. The lowest BCUT2D eigenvalue weighted by Crippen LogP contribution is -2.34. The number of carbonyl (C=O) groups is 1. The molecule has 0 saturated carbocycles. The molecule has 1 saturated heterocycles. The van der Waals surface area contributed by atoms with Crippen molar-refractivity contribution in [2.75, 3.05) is 18.1 Å². The van der Waals surface area contributed by atoms with Crippen LogP contribution in [0.2, 0.25) is 0 Å². The van der Waals surface area contributed by atoms with Gasteiger partial charge in [0.25, 0.3) is 0 Å². The van der Waals surface area contributed by atoms with Crippen LogP contribution in [-0.2, 0) is 5.54 Å². The lowest BCUT2D eigenvalue weighted by molar-refractivity contribution is 0.0694. The third-order valence-corrected chi connectivity index (χ3v) is 5.00. The number of hydrogen-bond donors (Lipinski definition) is 2. The van der Waals surface area contributed by atoms with Crippen LogP contribution in [0.25, 0.3) is 11.0 Å². The average Bonchev–Trinajstić information content (AvgIpc) is 2.92. The Morgan fingerprint density at radius 1 is 1.46 bits per heavy atom. The summed E-state index contributed by atoms with van der Waals surface area (Å²) < 4.78 is 29.7. The van der Waals surface area contributed by atoms with Crippen LogP contribution in [-0.4, -0.2) is 45.9 Å². The molecule has 3 heterocycles. The Kier molecular flexibility index (Phi) is 6.01. The molecule has 0 bridgehead atoms. The predicted molar refractivity (Wildman–Crippen MR) is 105 cm³/mol. The third-order valence-electron chi connectivity index (χ3n) is 5.00. The molecule has 2 atom stereocenters. The van der Waals surface area contributed by atoms with E-state index in [1.165, 1.54) is 4.57 Å². The minimum atomic E-state index is -1.46. The van der Waals surface area contributed by atoms with Gasteiger partial charge < -0.3 is 20.3 Å². The maximum Gasteiger partial charge on any atom is 0.341 e. The number of alkyl halides is 1. The summed E-state index contributed by atoms with van der Waals surface area (Å²) in [6.07, 6.45) is 1.74. The molecular weight excluding hydrogens is 394 g/mol. The van der Waals surface area contributed by atoms with Crippen LogP contribution >= 0.6 is 12.4 Å². The van der Waals surface area contributed by atoms with Crippen LogP contribution in [0.3, 0.4) is 0 Å². The van der Waals surface area contributed by atoms with Crippen molar-refractivity contribution in [1.29, 1.82) is 0 Å². The van der Waals surface area contributed by atoms with Crippen LogP contribution in [0, 0.1) is 5.82 Å². The summed E-state index contributed by atoms with van der Waals surface area (Å²) in [7, 11) is 0. The largest absolute Gasteiger partial charge is 0.477 e. The molecule has 2 aromatic rings. The van der Waals surface area contributed by atoms with E-state index in [1.54, 1.807) is 18.7 Å². The minimum Gasteiger partial charge on any atom is -0.477 e. The van der Waals surface area contributed by atoms with Gasteiger partial charge >= 0.3 is 5.97 Å². The molecule has 0 amide bonds. The van der Waals surface area contributed by atoms with E-state index in [-0.39, 0.29) is 41.3 Å². The Bertz CT molecular complexity index is 979. The van der Waals surface area contributed by atoms with Gasteiger partial charge in [-0.25, -0.2) is 18.6 Å². The van der Waals surface area contributed by atoms with E-state index in [0.29, 0.717) is 13.0 Å². The van der Waals surface area contributed by atoms with Crippen LogP contribution in [0.15, 0.2) is 17.1 Å². The number of halogens is 3. The van der Waals surface area contributed by atoms with Gasteiger partial charge in [-0.15, -0.1) is 12.4 Å². The number of aromatic carboxylic acids is 1. The standard InChI is InChI=1S/C18H22F2N4O3.ClH/c1-9-4-10(21)6-23(9)16-13(20)5-11-14(25)12(17(26)27)7-24(15(11)22-16)18(2,3)8-19;/h5,7,9-10H,4,6,8,21H2,1-3H3,(H,26,27);1H/t9-,10-;/m0./s1. The number of rotatable bonds is 4. The molecule has 3 N–H and O–H groups in total. The second-order valence-corrected chi connectivity index (χ2v) is 7.66. The van der Waals surface area contributed by atoms with Crippen molar-refractivity contribution in [3.63, 3.8) is 0 Å². The monoisotopic (exact) mass is 416 g/mol. The van der Waals surface area contributed by atoms with Crippen molar-refractivity contribution in [1.82, 2.24) is 9.55 Å². The molecule has 28 heavy (non-hydrogen) atoms. The Labute approximate surface area is 166 Å². The summed E-state index contributed by atoms with van der Waals surface area (Å²) in [4.78, 5) is 30.0. The van der Waals surface area contributed by atoms with E-state index in [0.717, 1.165) is 12.3 Å². The van der Waals surface area contributed by atoms with Gasteiger partial charge in [-0.1, -0.05) is 0 Å². The first kappa shape index (κ1) is 22.0. The molecule has 0 unspecified atom stereocenters. The zero-order chi connectivity index (χ0) is 20.1. The molecule has 1 aliphatic heterocycles. The molecule has 154 valence electrons. The number of aromatic nitrogens is 2. The van der Waals surface area contributed by atoms with Gasteiger partial charge in [-0.3, -0.25) is 4.79 Å². The number of carboxylic acid groups (broad SMARTS) is 1. The Morgan fingerprint density at radius 3 is 2.61 bits per heavy atom. The van der Waals surface area contributed by atoms with Gasteiger partial charge in [-0.2, -0.15) is 0 Å². The summed E-state index contributed by atoms with van der Waals surface area (Å²) >= 11 is 0. The fourth-order valence-electron chi connectivity index (χ4n) is 3.46. The summed E-state index contributed by atoms with van der Waals surface area (Å²) in [5.41, 5.74) is 3.40. The van der Waals surface area contributed by atoms with Crippen molar-refractivity contribution in [2.24, 2.45) is 5.73 Å². The normalized spacial score (nSPS) is 19.7. The maximum atomic E-state index is 14.8. The SMILES string of the molecule is C[C@H]1C[C@H](N)CN1c1nc2c(cc1F)c(=O)c(C(=O)O)cn2C(C)(C)CF.Cl. The van der Waals surface area contributed by atoms with Gasteiger partial charge in [0, 0.05) is 24.8 Å². The smallest absolute Gasteiger partial charge is 0.341 e. The highest BCUT2D eigenvalue weighted by Gasteiger charge is 2.32. The predicted octanol–water partition coefficient (Wildman–Crippen LogP) is 2.29. The molecule has 1 aliphatic rings. The first-order chi connectivity index (χ1) is 12.6. The number of nitrogens with two attached hydrogens (primary N) is 1. The van der Waals surface area contributed by atoms with Crippen molar-refractivity contribution in [3.8, 4) is 0 Å². The average molecular weight is 417 g/mol. The highest BCUT2D eigenvalue weighted by Crippen LogP contribution is 2.29. The molecule has 2 aromatic heterocycles. The zero-order valence-corrected chi connectivity index (χ0v) is 16.6. The van der Waals surface area contributed by atoms with E-state index < -0.39 is 35.0 Å². The van der Waals surface area contributed by atoms with Crippen LogP contribution in [0.1, 0.15) is 37.6 Å². The van der Waals surface area contributed by atoms with E-state index >= 15 is 0 Å². The molecule has 0 spiro atoms. The molecule has 7 nitrogen and oxygen atoms in total. The van der Waals surface area contributed by atoms with E-state index in [9.17, 15) is 23.5 Å². The minimum absolute atomic E-state index is 0. The van der Waals surface area contributed by atoms with Crippen molar-refractivity contribution >= 4 is 35.2 Å². The molecule has 1 fully saturated rings. The fraction of sp³-hybridized carbons (Fsp3) is 0.500. The topological polar surface area (TPSA) is 101 Å². The van der Waals surface area contributed by atoms with Crippen molar-refractivity contribution in [3.05, 3.63) is 33.9 Å². The second-order valence-electron chi connectivity index (χ2n) is 7.66. The molecule has 0 aromatic carbocycles. The van der Waals surface area contributed by atoms with Crippen LogP contribution < -0.4 is 16.1 Å². The van der Waals surface area contributed by atoms with Crippen molar-refractivity contribution < 1.29 is 18.7 Å². The molecule has 0 aliphatic carbocycles. The number of hydrogen-bond acceptors (Lipinski definition) is 5. The number of anilines is 1. The number of carboxylic acids is 1. The third kappa shape index (κ3) is 3.56. The number of fused-ring (bicyclic) bond motifs is 1. The number of nitrogens with zero attached hydrogens (tertiary/aromatic N) is 3. The number of pyridine rings is 2. The quantitative estimate of drug-likeness (QED) is 0.792. The molecule has 3 rings (SSSR count). The summed E-state index contributed by atoms with van der Waals surface area (Å²) in [5.74, 6) is -2.18. The highest BCUT2D eigenvalue weighted by atomic mass is 35.5. The van der Waals surface area contributed by atoms with Gasteiger partial charge in [-0.05, 0) is 33.3 Å². The first-order valence-corrected chi connectivity index (χ1v) is 8.64. The first-order valence-electron chi connectivity index (χ1n) is 8.64. The molecule has 10 heteroatoms. The summed E-state index contributed by atoms with van der Waals surface area (Å²) in [5, 5.41) is 9.10. The van der Waals surface area contributed by atoms with E-state index in [4.69, 9.17) is 5.73 Å². The lowest BCUT2D eigenvalue weighted by Gasteiger charge is -2.28. The second kappa shape index (κ2) is 7.63. The lowest BCUT2D eigenvalue weighted by atomic mass is 10.1. The molecule has 0 radical (unpaired) electrons. The Morgan fingerprint density at radius 2 is 2.11 bits per heavy atom. The highest BCUT2D eigenvalue weighted by molar-refractivity contribution is 5.92. The van der Waals surface area contributed by atoms with Gasteiger partial charge in [0.05, 0.1) is 10.9 Å². The van der Waals surface area contributed by atoms with Crippen molar-refractivity contribution in [2.45, 2.75) is 44.8 Å². The zero-order valence-electron chi connectivity index (χ0n) is 15.8. The Hall–Kier alpha value is -2.26. The fourth-order valence-corrected chi connectivity index (χ4v) is 3.46. The van der Waals surface area contributed by atoms with Crippen LogP contribution in [0.5, 0.6) is 0 Å². The summed E-state index contributed by atoms with van der Waals surface area (Å²) in [6.45, 7) is 4.55.